The predicted molar refractivity (Wildman–Crippen MR) is 54.0 cm³/mol. The molecule has 2 atom stereocenters. The van der Waals surface area contributed by atoms with Crippen molar-refractivity contribution in [2.75, 3.05) is 13.1 Å². The molecule has 0 aromatic heterocycles. The molecule has 2 rings (SSSR count). The number of hydrogen-bond acceptors (Lipinski definition) is 6. The van der Waals surface area contributed by atoms with Crippen LogP contribution in [0.3, 0.4) is 0 Å². The van der Waals surface area contributed by atoms with Crippen LogP contribution in [0.25, 0.3) is 0 Å². The molecule has 2 heterocycles. The lowest BCUT2D eigenvalue weighted by molar-refractivity contribution is -0.245. The van der Waals surface area contributed by atoms with Gasteiger partial charge in [-0.3, -0.25) is 14.9 Å². The number of piperazine rings is 1. The van der Waals surface area contributed by atoms with Gasteiger partial charge < -0.3 is 9.57 Å². The highest BCUT2D eigenvalue weighted by Gasteiger charge is 2.44. The van der Waals surface area contributed by atoms with E-state index in [0.29, 0.717) is 13.1 Å². The molecule has 0 radical (unpaired) electrons. The average molecular weight is 228 g/mol. The largest absolute Gasteiger partial charge is 0.444 e. The average Bonchev–Trinajstić information content (AvgIpc) is 2.24. The summed E-state index contributed by atoms with van der Waals surface area (Å²) in [4.78, 5) is 28.1. The van der Waals surface area contributed by atoms with Gasteiger partial charge in [-0.05, 0) is 13.8 Å². The Morgan fingerprint density at radius 1 is 1.31 bits per heavy atom. The maximum Gasteiger partial charge on any atom is 0.325 e. The zero-order chi connectivity index (χ0) is 11.8. The summed E-state index contributed by atoms with van der Waals surface area (Å²) in [6.45, 7) is 4.95. The number of nitrogens with zero attached hydrogens (tertiary/aromatic N) is 1. The van der Waals surface area contributed by atoms with Gasteiger partial charge in [0.15, 0.2) is 6.23 Å². The van der Waals surface area contributed by atoms with Crippen LogP contribution in [0.15, 0.2) is 0 Å². The molecule has 2 unspecified atom stereocenters. The fourth-order valence-corrected chi connectivity index (χ4v) is 1.88. The zero-order valence-electron chi connectivity index (χ0n) is 9.49. The Hall–Kier alpha value is -1.14. The van der Waals surface area contributed by atoms with E-state index in [1.54, 1.807) is 5.06 Å². The van der Waals surface area contributed by atoms with Crippen molar-refractivity contribution in [1.29, 1.82) is 0 Å². The molecule has 2 aliphatic heterocycles. The van der Waals surface area contributed by atoms with E-state index in [4.69, 9.17) is 9.57 Å². The number of rotatable bonds is 0. The fourth-order valence-electron chi connectivity index (χ4n) is 1.88. The Morgan fingerprint density at radius 2 is 2.00 bits per heavy atom. The summed E-state index contributed by atoms with van der Waals surface area (Å²) >= 11 is 0. The first-order valence-electron chi connectivity index (χ1n) is 5.41. The molecule has 0 saturated carbocycles. The molecular weight excluding hydrogens is 212 g/mol. The SMILES string of the molecule is CC1(C)C2NCCN1OC(=O)CCC(=O)O2. The minimum Gasteiger partial charge on any atom is -0.444 e. The van der Waals surface area contributed by atoms with Crippen LogP contribution in [0.1, 0.15) is 26.7 Å². The normalized spacial score (nSPS) is 34.1. The summed E-state index contributed by atoms with van der Waals surface area (Å²) in [5.41, 5.74) is -0.548. The van der Waals surface area contributed by atoms with Gasteiger partial charge >= 0.3 is 11.9 Å². The van der Waals surface area contributed by atoms with Crippen LogP contribution in [-0.2, 0) is 19.2 Å². The standard InChI is InChI=1S/C10H16N2O4/c1-10(2)9-11-5-6-12(10)16-8(14)4-3-7(13)15-9/h9,11H,3-6H2,1-2H3. The molecule has 0 aliphatic carbocycles. The summed E-state index contributed by atoms with van der Waals surface area (Å²) in [6.07, 6.45) is -0.307. The van der Waals surface area contributed by atoms with E-state index < -0.39 is 11.8 Å². The second-order valence-electron chi connectivity index (χ2n) is 4.54. The molecule has 6 nitrogen and oxygen atoms in total. The lowest BCUT2D eigenvalue weighted by atomic mass is 10.0. The molecule has 1 N–H and O–H groups in total. The summed E-state index contributed by atoms with van der Waals surface area (Å²) < 4.78 is 5.28. The maximum absolute atomic E-state index is 11.4. The van der Waals surface area contributed by atoms with Crippen LogP contribution in [0.5, 0.6) is 0 Å². The highest BCUT2D eigenvalue weighted by molar-refractivity contribution is 5.77. The predicted octanol–water partition coefficient (Wildman–Crippen LogP) is -0.209. The molecule has 2 aliphatic rings. The van der Waals surface area contributed by atoms with Gasteiger partial charge in [0, 0.05) is 13.1 Å². The van der Waals surface area contributed by atoms with E-state index in [2.05, 4.69) is 5.32 Å². The van der Waals surface area contributed by atoms with Gasteiger partial charge in [0.05, 0.1) is 12.8 Å². The molecule has 0 aromatic rings. The zero-order valence-corrected chi connectivity index (χ0v) is 9.49. The van der Waals surface area contributed by atoms with Crippen LogP contribution in [0.2, 0.25) is 0 Å². The summed E-state index contributed by atoms with van der Waals surface area (Å²) in [6, 6.07) is 0. The smallest absolute Gasteiger partial charge is 0.325 e. The first-order chi connectivity index (χ1) is 7.50. The van der Waals surface area contributed by atoms with E-state index in [9.17, 15) is 9.59 Å². The molecule has 16 heavy (non-hydrogen) atoms. The molecule has 2 fully saturated rings. The highest BCUT2D eigenvalue weighted by Crippen LogP contribution is 2.25. The molecule has 2 bridgehead atoms. The second kappa shape index (κ2) is 4.03. The Kier molecular flexibility index (Phi) is 2.86. The quantitative estimate of drug-likeness (QED) is 0.579. The number of fused-ring (bicyclic) bond motifs is 2. The van der Waals surface area contributed by atoms with E-state index >= 15 is 0 Å². The molecule has 0 amide bonds. The van der Waals surface area contributed by atoms with Gasteiger partial charge in [-0.1, -0.05) is 0 Å². The molecule has 0 aromatic carbocycles. The summed E-state index contributed by atoms with van der Waals surface area (Å²) in [5, 5.41) is 4.70. The fraction of sp³-hybridized carbons (Fsp3) is 0.800. The lowest BCUT2D eigenvalue weighted by Gasteiger charge is -2.44. The topological polar surface area (TPSA) is 67.9 Å². The van der Waals surface area contributed by atoms with Crippen LogP contribution in [-0.4, -0.2) is 41.9 Å². The van der Waals surface area contributed by atoms with Gasteiger partial charge in [0.25, 0.3) is 0 Å². The number of carbonyl (C=O) groups excluding carboxylic acids is 2. The third-order valence-corrected chi connectivity index (χ3v) is 2.92. The van der Waals surface area contributed by atoms with Crippen LogP contribution in [0.4, 0.5) is 0 Å². The molecular formula is C10H16N2O4. The number of hydroxylamine groups is 2. The maximum atomic E-state index is 11.4. The van der Waals surface area contributed by atoms with Crippen molar-refractivity contribution in [1.82, 2.24) is 10.4 Å². The van der Waals surface area contributed by atoms with E-state index in [1.807, 2.05) is 13.8 Å². The van der Waals surface area contributed by atoms with Crippen LogP contribution < -0.4 is 5.32 Å². The summed E-state index contributed by atoms with van der Waals surface area (Å²) in [5.74, 6) is -0.751. The van der Waals surface area contributed by atoms with Crippen molar-refractivity contribution >= 4 is 11.9 Å². The van der Waals surface area contributed by atoms with Gasteiger partial charge in [0.1, 0.15) is 5.54 Å². The monoisotopic (exact) mass is 228 g/mol. The first-order valence-corrected chi connectivity index (χ1v) is 5.41. The Labute approximate surface area is 93.8 Å². The summed E-state index contributed by atoms with van der Waals surface area (Å²) in [7, 11) is 0. The number of carbonyl (C=O) groups is 2. The Balaban J connectivity index is 2.24. The third-order valence-electron chi connectivity index (χ3n) is 2.92. The number of hydrogen-bond donors (Lipinski definition) is 1. The van der Waals surface area contributed by atoms with Crippen molar-refractivity contribution in [2.45, 2.75) is 38.5 Å². The Bertz CT molecular complexity index is 288. The van der Waals surface area contributed by atoms with E-state index in [-0.39, 0.29) is 24.8 Å². The van der Waals surface area contributed by atoms with Gasteiger partial charge in [0.2, 0.25) is 0 Å². The molecule has 2 saturated heterocycles. The van der Waals surface area contributed by atoms with E-state index in [1.165, 1.54) is 0 Å². The van der Waals surface area contributed by atoms with E-state index in [0.717, 1.165) is 0 Å². The van der Waals surface area contributed by atoms with Crippen molar-refractivity contribution in [3.05, 3.63) is 0 Å². The van der Waals surface area contributed by atoms with Crippen molar-refractivity contribution in [2.24, 2.45) is 0 Å². The lowest BCUT2D eigenvalue weighted by Crippen LogP contribution is -2.65. The molecule has 0 spiro atoms. The first kappa shape index (κ1) is 11.3. The Morgan fingerprint density at radius 3 is 2.75 bits per heavy atom. The van der Waals surface area contributed by atoms with Crippen LogP contribution in [0, 0.1) is 0 Å². The van der Waals surface area contributed by atoms with Crippen molar-refractivity contribution < 1.29 is 19.2 Å². The molecule has 90 valence electrons. The second-order valence-corrected chi connectivity index (χ2v) is 4.54. The van der Waals surface area contributed by atoms with Gasteiger partial charge in [-0.2, -0.15) is 0 Å². The van der Waals surface area contributed by atoms with Crippen LogP contribution >= 0.6 is 0 Å². The number of esters is 1. The highest BCUT2D eigenvalue weighted by atomic mass is 16.7. The number of ether oxygens (including phenoxy) is 1. The minimum atomic E-state index is -0.548. The molecule has 6 heteroatoms. The minimum absolute atomic E-state index is 0.0676. The van der Waals surface area contributed by atoms with Crippen molar-refractivity contribution in [3.63, 3.8) is 0 Å². The van der Waals surface area contributed by atoms with Gasteiger partial charge in [-0.25, -0.2) is 0 Å². The van der Waals surface area contributed by atoms with Crippen molar-refractivity contribution in [3.8, 4) is 0 Å². The van der Waals surface area contributed by atoms with Gasteiger partial charge in [-0.15, -0.1) is 5.06 Å². The third kappa shape index (κ3) is 2.03. The number of nitrogens with one attached hydrogen (secondary N) is 1.